The topological polar surface area (TPSA) is 87.5 Å². The summed E-state index contributed by atoms with van der Waals surface area (Å²) in [4.78, 5) is 16.8. The van der Waals surface area contributed by atoms with E-state index < -0.39 is 12.0 Å². The number of carbonyl (C=O) groups is 1. The van der Waals surface area contributed by atoms with Gasteiger partial charge in [0.2, 0.25) is 5.95 Å². The summed E-state index contributed by atoms with van der Waals surface area (Å²) in [6.45, 7) is 0.199. The average molecular weight is 409 g/mol. The molecular formula is C16H17BrN4O4. The molecule has 0 amide bonds. The van der Waals surface area contributed by atoms with Crippen LogP contribution in [0, 0.1) is 0 Å². The van der Waals surface area contributed by atoms with Crippen molar-refractivity contribution in [1.82, 2.24) is 14.8 Å². The SMILES string of the molecule is COCC1=C(C(=O)OC)[C@@H](c2cc(Br)ccc2OC)n2ncnc2N1. The van der Waals surface area contributed by atoms with Gasteiger partial charge in [-0.1, -0.05) is 15.9 Å². The molecule has 0 unspecified atom stereocenters. The van der Waals surface area contributed by atoms with Crippen LogP contribution in [0.3, 0.4) is 0 Å². The molecule has 2 heterocycles. The summed E-state index contributed by atoms with van der Waals surface area (Å²) in [7, 11) is 4.47. The molecule has 0 spiro atoms. The normalized spacial score (nSPS) is 16.2. The van der Waals surface area contributed by atoms with Crippen LogP contribution < -0.4 is 10.1 Å². The van der Waals surface area contributed by atoms with E-state index in [-0.39, 0.29) is 6.61 Å². The molecule has 132 valence electrons. The molecule has 1 atom stereocenters. The number of halogens is 1. The molecule has 0 radical (unpaired) electrons. The van der Waals surface area contributed by atoms with Gasteiger partial charge in [-0.05, 0) is 18.2 Å². The molecule has 0 saturated heterocycles. The smallest absolute Gasteiger partial charge is 0.338 e. The van der Waals surface area contributed by atoms with E-state index in [1.165, 1.54) is 13.4 Å². The van der Waals surface area contributed by atoms with Crippen molar-refractivity contribution in [2.24, 2.45) is 0 Å². The van der Waals surface area contributed by atoms with E-state index in [4.69, 9.17) is 14.2 Å². The van der Waals surface area contributed by atoms with Crippen molar-refractivity contribution < 1.29 is 19.0 Å². The predicted octanol–water partition coefficient (Wildman–Crippen LogP) is 2.14. The summed E-state index contributed by atoms with van der Waals surface area (Å²) in [6, 6.07) is 5.00. The number of fused-ring (bicyclic) bond motifs is 1. The van der Waals surface area contributed by atoms with Gasteiger partial charge in [0.15, 0.2) is 0 Å². The van der Waals surface area contributed by atoms with Crippen LogP contribution in [0.2, 0.25) is 0 Å². The fourth-order valence-electron chi connectivity index (χ4n) is 2.83. The van der Waals surface area contributed by atoms with E-state index in [2.05, 4.69) is 31.3 Å². The molecule has 1 aliphatic rings. The number of ether oxygens (including phenoxy) is 3. The molecule has 0 saturated carbocycles. The first kappa shape index (κ1) is 17.4. The number of methoxy groups -OCH3 is 3. The van der Waals surface area contributed by atoms with Crippen LogP contribution in [0.5, 0.6) is 5.75 Å². The summed E-state index contributed by atoms with van der Waals surface area (Å²) < 4.78 is 18.2. The molecular weight excluding hydrogens is 392 g/mol. The first-order valence-corrected chi connectivity index (χ1v) is 8.20. The number of carbonyl (C=O) groups excluding carboxylic acids is 1. The van der Waals surface area contributed by atoms with E-state index >= 15 is 0 Å². The fourth-order valence-corrected chi connectivity index (χ4v) is 3.21. The van der Waals surface area contributed by atoms with Crippen molar-refractivity contribution in [2.45, 2.75) is 6.04 Å². The third-order valence-corrected chi connectivity index (χ3v) is 4.35. The van der Waals surface area contributed by atoms with Crippen molar-refractivity contribution in [3.05, 3.63) is 45.8 Å². The Morgan fingerprint density at radius 3 is 2.84 bits per heavy atom. The third-order valence-electron chi connectivity index (χ3n) is 3.86. The second-order valence-electron chi connectivity index (χ2n) is 5.26. The first-order chi connectivity index (χ1) is 12.1. The minimum atomic E-state index is -0.566. The maximum atomic E-state index is 12.6. The minimum Gasteiger partial charge on any atom is -0.496 e. The number of anilines is 1. The molecule has 1 aromatic heterocycles. The maximum absolute atomic E-state index is 12.6. The summed E-state index contributed by atoms with van der Waals surface area (Å²) in [5.74, 6) is 0.647. The van der Waals surface area contributed by atoms with Gasteiger partial charge in [-0.3, -0.25) is 0 Å². The van der Waals surface area contributed by atoms with Crippen LogP contribution in [0.4, 0.5) is 5.95 Å². The highest BCUT2D eigenvalue weighted by atomic mass is 79.9. The number of benzene rings is 1. The van der Waals surface area contributed by atoms with Crippen molar-refractivity contribution in [3.63, 3.8) is 0 Å². The van der Waals surface area contributed by atoms with Gasteiger partial charge in [0.25, 0.3) is 0 Å². The van der Waals surface area contributed by atoms with Crippen molar-refractivity contribution >= 4 is 27.8 Å². The molecule has 0 fully saturated rings. The molecule has 1 aromatic carbocycles. The number of hydrogen-bond acceptors (Lipinski definition) is 7. The molecule has 1 N–H and O–H groups in total. The minimum absolute atomic E-state index is 0.199. The quantitative estimate of drug-likeness (QED) is 0.758. The van der Waals surface area contributed by atoms with Gasteiger partial charge in [-0.2, -0.15) is 10.1 Å². The number of aromatic nitrogens is 3. The zero-order chi connectivity index (χ0) is 18.0. The second-order valence-corrected chi connectivity index (χ2v) is 6.17. The maximum Gasteiger partial charge on any atom is 0.338 e. The standard InChI is InChI=1S/C16H17BrN4O4/c1-23-7-11-13(15(22)25-3)14(21-16(20-11)18-8-19-21)10-6-9(17)4-5-12(10)24-2/h4-6,8,14H,7H2,1-3H3,(H,18,19,20)/t14-/m1/s1. The Labute approximate surface area is 152 Å². The van der Waals surface area contributed by atoms with E-state index in [9.17, 15) is 4.79 Å². The van der Waals surface area contributed by atoms with Crippen LogP contribution in [0.15, 0.2) is 40.3 Å². The number of esters is 1. The Bertz CT molecular complexity index is 833. The molecule has 3 rings (SSSR count). The highest BCUT2D eigenvalue weighted by Crippen LogP contribution is 2.40. The number of nitrogens with one attached hydrogen (secondary N) is 1. The van der Waals surface area contributed by atoms with Gasteiger partial charge in [0.05, 0.1) is 32.1 Å². The van der Waals surface area contributed by atoms with Crippen molar-refractivity contribution in [3.8, 4) is 5.75 Å². The fraction of sp³-hybridized carbons (Fsp3) is 0.312. The van der Waals surface area contributed by atoms with E-state index in [1.54, 1.807) is 18.9 Å². The lowest BCUT2D eigenvalue weighted by molar-refractivity contribution is -0.136. The van der Waals surface area contributed by atoms with Crippen LogP contribution >= 0.6 is 15.9 Å². The van der Waals surface area contributed by atoms with Crippen LogP contribution in [0.25, 0.3) is 0 Å². The van der Waals surface area contributed by atoms with Gasteiger partial charge in [-0.15, -0.1) is 0 Å². The van der Waals surface area contributed by atoms with Crippen molar-refractivity contribution in [2.75, 3.05) is 33.3 Å². The molecule has 0 aliphatic carbocycles. The Balaban J connectivity index is 2.26. The summed E-state index contributed by atoms with van der Waals surface area (Å²) in [6.07, 6.45) is 1.42. The molecule has 0 bridgehead atoms. The van der Waals surface area contributed by atoms with Gasteiger partial charge >= 0.3 is 5.97 Å². The molecule has 1 aliphatic heterocycles. The van der Waals surface area contributed by atoms with E-state index in [1.807, 2.05) is 18.2 Å². The van der Waals surface area contributed by atoms with Crippen LogP contribution in [0.1, 0.15) is 11.6 Å². The summed E-state index contributed by atoms with van der Waals surface area (Å²) in [5.41, 5.74) is 1.71. The third kappa shape index (κ3) is 3.12. The van der Waals surface area contributed by atoms with Gasteiger partial charge in [0.1, 0.15) is 18.1 Å². The lowest BCUT2D eigenvalue weighted by atomic mass is 9.94. The summed E-state index contributed by atoms with van der Waals surface area (Å²) >= 11 is 3.47. The average Bonchev–Trinajstić information content (AvgIpc) is 3.08. The summed E-state index contributed by atoms with van der Waals surface area (Å²) in [5, 5.41) is 7.36. The van der Waals surface area contributed by atoms with Gasteiger partial charge in [-0.25, -0.2) is 9.48 Å². The Morgan fingerprint density at radius 1 is 1.36 bits per heavy atom. The second kappa shape index (κ2) is 7.24. The molecule has 2 aromatic rings. The molecule has 25 heavy (non-hydrogen) atoms. The Hall–Kier alpha value is -2.39. The number of hydrogen-bond donors (Lipinski definition) is 1. The lowest BCUT2D eigenvalue weighted by Crippen LogP contribution is -2.31. The highest BCUT2D eigenvalue weighted by Gasteiger charge is 2.37. The van der Waals surface area contributed by atoms with E-state index in [0.29, 0.717) is 23.0 Å². The predicted molar refractivity (Wildman–Crippen MR) is 93.4 cm³/mol. The van der Waals surface area contributed by atoms with Gasteiger partial charge in [0, 0.05) is 17.1 Å². The molecule has 9 heteroatoms. The zero-order valence-corrected chi connectivity index (χ0v) is 15.5. The van der Waals surface area contributed by atoms with Crippen LogP contribution in [-0.4, -0.2) is 48.7 Å². The lowest BCUT2D eigenvalue weighted by Gasteiger charge is -2.29. The largest absolute Gasteiger partial charge is 0.496 e. The first-order valence-electron chi connectivity index (χ1n) is 7.41. The van der Waals surface area contributed by atoms with Gasteiger partial charge < -0.3 is 19.5 Å². The van der Waals surface area contributed by atoms with Crippen molar-refractivity contribution in [1.29, 1.82) is 0 Å². The molecule has 8 nitrogen and oxygen atoms in total. The zero-order valence-electron chi connectivity index (χ0n) is 13.9. The number of rotatable bonds is 5. The Morgan fingerprint density at radius 2 is 2.16 bits per heavy atom. The number of nitrogens with zero attached hydrogens (tertiary/aromatic N) is 3. The van der Waals surface area contributed by atoms with E-state index in [0.717, 1.165) is 10.0 Å². The highest BCUT2D eigenvalue weighted by molar-refractivity contribution is 9.10. The monoisotopic (exact) mass is 408 g/mol. The van der Waals surface area contributed by atoms with Crippen LogP contribution in [-0.2, 0) is 14.3 Å². The Kier molecular flexibility index (Phi) is 5.05.